The zero-order valence-corrected chi connectivity index (χ0v) is 22.0. The monoisotopic (exact) mass is 546 g/mol. The highest BCUT2D eigenvalue weighted by Gasteiger charge is 2.24. The molecule has 0 saturated carbocycles. The first-order chi connectivity index (χ1) is 18.0. The second-order valence-electron chi connectivity index (χ2n) is 8.10. The van der Waals surface area contributed by atoms with Gasteiger partial charge in [0.25, 0.3) is 5.91 Å². The van der Waals surface area contributed by atoms with Crippen molar-refractivity contribution in [2.45, 2.75) is 6.92 Å². The summed E-state index contributed by atoms with van der Waals surface area (Å²) in [5.41, 5.74) is 4.26. The van der Waals surface area contributed by atoms with Crippen molar-refractivity contribution in [1.82, 2.24) is 4.98 Å². The lowest BCUT2D eigenvalue weighted by Gasteiger charge is -2.12. The van der Waals surface area contributed by atoms with Crippen molar-refractivity contribution in [3.8, 4) is 22.4 Å². The quantitative estimate of drug-likeness (QED) is 0.217. The number of halogens is 2. The fraction of sp³-hybridized carbons (Fsp3) is 0.0690. The van der Waals surface area contributed by atoms with Crippen LogP contribution >= 0.6 is 34.5 Å². The van der Waals surface area contributed by atoms with Gasteiger partial charge in [-0.25, -0.2) is 9.78 Å². The number of nitrogens with zero attached hydrogens (tertiary/aromatic N) is 1. The Balaban J connectivity index is 1.59. The highest BCUT2D eigenvalue weighted by atomic mass is 35.5. The fourth-order valence-corrected chi connectivity index (χ4v) is 5.27. The molecule has 5 nitrogen and oxygen atoms in total. The summed E-state index contributed by atoms with van der Waals surface area (Å²) in [6, 6.07) is 23.8. The summed E-state index contributed by atoms with van der Waals surface area (Å²) in [6.07, 6.45) is 0. The topological polar surface area (TPSA) is 68.3 Å². The van der Waals surface area contributed by atoms with Crippen molar-refractivity contribution >= 4 is 62.3 Å². The Kier molecular flexibility index (Phi) is 7.24. The van der Waals surface area contributed by atoms with E-state index < -0.39 is 5.97 Å². The summed E-state index contributed by atoms with van der Waals surface area (Å²) in [6.45, 7) is 1.97. The van der Waals surface area contributed by atoms with E-state index in [2.05, 4.69) is 5.32 Å². The van der Waals surface area contributed by atoms with Crippen molar-refractivity contribution in [2.24, 2.45) is 0 Å². The molecule has 0 aliphatic heterocycles. The van der Waals surface area contributed by atoms with E-state index in [1.165, 1.54) is 11.3 Å². The molecule has 0 spiro atoms. The van der Waals surface area contributed by atoms with Crippen LogP contribution in [0.25, 0.3) is 33.3 Å². The third-order valence-corrected chi connectivity index (χ3v) is 7.39. The summed E-state index contributed by atoms with van der Waals surface area (Å²) in [5.74, 6) is -0.860. The van der Waals surface area contributed by atoms with Gasteiger partial charge in [-0.1, -0.05) is 77.8 Å². The van der Waals surface area contributed by atoms with E-state index in [0.717, 1.165) is 11.1 Å². The number of hydrogen-bond donors (Lipinski definition) is 1. The van der Waals surface area contributed by atoms with E-state index in [9.17, 15) is 9.59 Å². The Morgan fingerprint density at radius 1 is 0.919 bits per heavy atom. The molecule has 3 aromatic carbocycles. The summed E-state index contributed by atoms with van der Waals surface area (Å²) in [5, 5.41) is 6.73. The number of aromatic nitrogens is 1. The standard InChI is InChI=1S/C29H20Cl2N2O3S/c1-2-36-29(35)26-21(17-8-4-3-5-9-17)16-37-28(26)33-27(34)20-15-25(18-12-13-22(30)23(31)14-18)32-24-11-7-6-10-19(20)24/h3-16H,2H2,1H3,(H,33,34). The smallest absolute Gasteiger partial charge is 0.341 e. The molecule has 5 rings (SSSR count). The van der Waals surface area contributed by atoms with Gasteiger partial charge < -0.3 is 10.1 Å². The lowest BCUT2D eigenvalue weighted by Crippen LogP contribution is -2.15. The average Bonchev–Trinajstić information content (AvgIpc) is 3.33. The lowest BCUT2D eigenvalue weighted by molar-refractivity contribution is 0.0529. The molecule has 2 aromatic heterocycles. The normalized spacial score (nSPS) is 10.9. The number of carbonyl (C=O) groups is 2. The van der Waals surface area contributed by atoms with Crippen molar-refractivity contribution in [3.05, 3.63) is 105 Å². The van der Waals surface area contributed by atoms with Crippen molar-refractivity contribution in [3.63, 3.8) is 0 Å². The molecule has 0 fully saturated rings. The van der Waals surface area contributed by atoms with Gasteiger partial charge in [0.2, 0.25) is 0 Å². The van der Waals surface area contributed by atoms with Crippen LogP contribution in [-0.4, -0.2) is 23.5 Å². The zero-order valence-electron chi connectivity index (χ0n) is 19.6. The molecule has 1 amide bonds. The van der Waals surface area contributed by atoms with Crippen molar-refractivity contribution in [1.29, 1.82) is 0 Å². The molecule has 0 aliphatic carbocycles. The number of fused-ring (bicyclic) bond motifs is 1. The van der Waals surface area contributed by atoms with Gasteiger partial charge in [-0.2, -0.15) is 0 Å². The minimum absolute atomic E-state index is 0.221. The van der Waals surface area contributed by atoms with E-state index in [1.807, 2.05) is 60.0 Å². The number of pyridine rings is 1. The molecular weight excluding hydrogens is 527 g/mol. The predicted octanol–water partition coefficient (Wildman–Crippen LogP) is 8.37. The number of benzene rings is 3. The number of carbonyl (C=O) groups excluding carboxylic acids is 2. The number of rotatable bonds is 6. The molecule has 0 saturated heterocycles. The Hall–Kier alpha value is -3.71. The van der Waals surface area contributed by atoms with Crippen molar-refractivity contribution < 1.29 is 14.3 Å². The minimum Gasteiger partial charge on any atom is -0.462 e. The van der Waals surface area contributed by atoms with E-state index in [-0.39, 0.29) is 12.5 Å². The molecular formula is C29H20Cl2N2O3S. The van der Waals surface area contributed by atoms with Crippen LogP contribution in [0.4, 0.5) is 5.00 Å². The third-order valence-electron chi connectivity index (χ3n) is 5.76. The number of ether oxygens (including phenoxy) is 1. The molecule has 0 aliphatic rings. The first kappa shape index (κ1) is 25.0. The van der Waals surface area contributed by atoms with Crippen LogP contribution in [-0.2, 0) is 4.74 Å². The predicted molar refractivity (Wildman–Crippen MR) is 151 cm³/mol. The first-order valence-electron chi connectivity index (χ1n) is 11.5. The summed E-state index contributed by atoms with van der Waals surface area (Å²) in [7, 11) is 0. The molecule has 5 aromatic rings. The van der Waals surface area contributed by atoms with Crippen LogP contribution in [0.15, 0.2) is 84.2 Å². The molecule has 0 unspecified atom stereocenters. The number of esters is 1. The third kappa shape index (κ3) is 5.09. The van der Waals surface area contributed by atoms with Crippen LogP contribution in [0.2, 0.25) is 10.0 Å². The van der Waals surface area contributed by atoms with Crippen molar-refractivity contribution in [2.75, 3.05) is 11.9 Å². The first-order valence-corrected chi connectivity index (χ1v) is 13.1. The van der Waals surface area contributed by atoms with Gasteiger partial charge in [-0.15, -0.1) is 11.3 Å². The van der Waals surface area contributed by atoms with Gasteiger partial charge >= 0.3 is 5.97 Å². The second kappa shape index (κ2) is 10.7. The number of anilines is 1. The largest absolute Gasteiger partial charge is 0.462 e. The molecule has 0 atom stereocenters. The van der Waals surface area contributed by atoms with Gasteiger partial charge in [-0.3, -0.25) is 4.79 Å². The van der Waals surface area contributed by atoms with E-state index in [4.69, 9.17) is 32.9 Å². The van der Waals surface area contributed by atoms with E-state index in [1.54, 1.807) is 31.2 Å². The Morgan fingerprint density at radius 3 is 2.43 bits per heavy atom. The molecule has 0 radical (unpaired) electrons. The SMILES string of the molecule is CCOC(=O)c1c(-c2ccccc2)csc1NC(=O)c1cc(-c2ccc(Cl)c(Cl)c2)nc2ccccc12. The molecule has 0 bridgehead atoms. The Bertz CT molecular complexity index is 1630. The average molecular weight is 547 g/mol. The maximum absolute atomic E-state index is 13.7. The highest BCUT2D eigenvalue weighted by molar-refractivity contribution is 7.15. The summed E-state index contributed by atoms with van der Waals surface area (Å²) >= 11 is 13.6. The van der Waals surface area contributed by atoms with E-state index >= 15 is 0 Å². The van der Waals surface area contributed by atoms with Gasteiger partial charge in [-0.05, 0) is 36.8 Å². The van der Waals surface area contributed by atoms with Crippen LogP contribution in [0.1, 0.15) is 27.6 Å². The lowest BCUT2D eigenvalue weighted by atomic mass is 10.0. The van der Waals surface area contributed by atoms with Gasteiger partial charge in [0.1, 0.15) is 10.6 Å². The maximum atomic E-state index is 13.7. The molecule has 8 heteroatoms. The second-order valence-corrected chi connectivity index (χ2v) is 9.79. The number of nitrogens with one attached hydrogen (secondary N) is 1. The number of hydrogen-bond acceptors (Lipinski definition) is 5. The maximum Gasteiger partial charge on any atom is 0.341 e. The van der Waals surface area contributed by atoms with Gasteiger partial charge in [0.15, 0.2) is 0 Å². The van der Waals surface area contributed by atoms with Crippen LogP contribution in [0.3, 0.4) is 0 Å². The van der Waals surface area contributed by atoms with Gasteiger partial charge in [0, 0.05) is 21.9 Å². The molecule has 184 valence electrons. The van der Waals surface area contributed by atoms with Crippen LogP contribution in [0, 0.1) is 0 Å². The summed E-state index contributed by atoms with van der Waals surface area (Å²) in [4.78, 5) is 31.4. The fourth-order valence-electron chi connectivity index (χ4n) is 4.02. The number of para-hydroxylation sites is 1. The van der Waals surface area contributed by atoms with Crippen LogP contribution in [0.5, 0.6) is 0 Å². The molecule has 1 N–H and O–H groups in total. The zero-order chi connectivity index (χ0) is 25.9. The minimum atomic E-state index is -0.492. The molecule has 37 heavy (non-hydrogen) atoms. The molecule has 2 heterocycles. The summed E-state index contributed by atoms with van der Waals surface area (Å²) < 4.78 is 5.33. The van der Waals surface area contributed by atoms with E-state index in [0.29, 0.717) is 48.3 Å². The van der Waals surface area contributed by atoms with Crippen LogP contribution < -0.4 is 5.32 Å². The highest BCUT2D eigenvalue weighted by Crippen LogP contribution is 2.37. The Morgan fingerprint density at radius 2 is 1.68 bits per heavy atom. The number of amides is 1. The van der Waals surface area contributed by atoms with Gasteiger partial charge in [0.05, 0.1) is 33.4 Å². The Labute approximate surface area is 227 Å². The number of thiophene rings is 1.